The van der Waals surface area contributed by atoms with Crippen LogP contribution < -0.4 is 5.32 Å². The molecule has 1 amide bonds. The molecule has 0 unspecified atom stereocenters. The van der Waals surface area contributed by atoms with Crippen LogP contribution in [0.3, 0.4) is 0 Å². The molecule has 0 aromatic rings. The van der Waals surface area contributed by atoms with Gasteiger partial charge in [0, 0.05) is 12.5 Å². The van der Waals surface area contributed by atoms with Crippen LogP contribution in [-0.4, -0.2) is 13.0 Å². The fourth-order valence-corrected chi connectivity index (χ4v) is 1.45. The fraction of sp³-hybridized carbons (Fsp3) is 0.909. The van der Waals surface area contributed by atoms with Gasteiger partial charge in [0.1, 0.15) is 0 Å². The Hall–Kier alpha value is -0.530. The molecule has 13 heavy (non-hydrogen) atoms. The van der Waals surface area contributed by atoms with Crippen molar-refractivity contribution in [3.63, 3.8) is 0 Å². The van der Waals surface area contributed by atoms with E-state index in [9.17, 15) is 4.79 Å². The van der Waals surface area contributed by atoms with Crippen molar-refractivity contribution in [3.05, 3.63) is 0 Å². The lowest BCUT2D eigenvalue weighted by atomic mass is 9.83. The van der Waals surface area contributed by atoms with Crippen LogP contribution in [0, 0.1) is 11.3 Å². The van der Waals surface area contributed by atoms with Gasteiger partial charge in [-0.3, -0.25) is 4.79 Å². The minimum Gasteiger partial charge on any atom is -0.359 e. The summed E-state index contributed by atoms with van der Waals surface area (Å²) in [7, 11) is 1.68. The highest BCUT2D eigenvalue weighted by Crippen LogP contribution is 2.24. The summed E-state index contributed by atoms with van der Waals surface area (Å²) in [6.07, 6.45) is 0.937. The molecule has 0 aliphatic carbocycles. The maximum atomic E-state index is 11.3. The normalized spacial score (nSPS) is 10.5. The molecule has 0 aliphatic rings. The predicted molar refractivity (Wildman–Crippen MR) is 58.7 cm³/mol. The van der Waals surface area contributed by atoms with Crippen LogP contribution in [-0.2, 0) is 4.79 Å². The van der Waals surface area contributed by atoms with Gasteiger partial charge in [-0.25, -0.2) is 0 Å². The topological polar surface area (TPSA) is 29.1 Å². The zero-order valence-corrected chi connectivity index (χ0v) is 10.2. The first-order valence-electron chi connectivity index (χ1n) is 5.12. The molecule has 0 rings (SSSR count). The highest BCUT2D eigenvalue weighted by molar-refractivity contribution is 5.81. The summed E-state index contributed by atoms with van der Waals surface area (Å²) in [6.45, 7) is 12.2. The first-order chi connectivity index (χ1) is 5.90. The van der Waals surface area contributed by atoms with E-state index in [-0.39, 0.29) is 11.3 Å². The Morgan fingerprint density at radius 3 is 1.92 bits per heavy atom. The van der Waals surface area contributed by atoms with E-state index in [1.54, 1.807) is 7.05 Å². The van der Waals surface area contributed by atoms with Gasteiger partial charge in [0.05, 0.1) is 0 Å². The van der Waals surface area contributed by atoms with Crippen LogP contribution in [0.4, 0.5) is 0 Å². The van der Waals surface area contributed by atoms with E-state index < -0.39 is 0 Å². The summed E-state index contributed by atoms with van der Waals surface area (Å²) >= 11 is 0. The van der Waals surface area contributed by atoms with E-state index in [4.69, 9.17) is 0 Å². The molecule has 0 atom stereocenters. The smallest absolute Gasteiger partial charge is 0.225 e. The Bertz CT molecular complexity index is 139. The molecule has 0 aromatic carbocycles. The zero-order chi connectivity index (χ0) is 11.1. The van der Waals surface area contributed by atoms with Gasteiger partial charge in [-0.2, -0.15) is 0 Å². The summed E-state index contributed by atoms with van der Waals surface area (Å²) in [5.74, 6) is 0.702. The molecule has 2 heteroatoms. The molecule has 0 aliphatic heterocycles. The second-order valence-corrected chi connectivity index (χ2v) is 4.06. The van der Waals surface area contributed by atoms with Gasteiger partial charge in [-0.15, -0.1) is 0 Å². The molecule has 2 nitrogen and oxygen atoms in total. The van der Waals surface area contributed by atoms with Gasteiger partial charge < -0.3 is 5.32 Å². The molecule has 0 bridgehead atoms. The maximum absolute atomic E-state index is 11.3. The molecule has 0 aromatic heterocycles. The van der Waals surface area contributed by atoms with Gasteiger partial charge in [0.15, 0.2) is 0 Å². The predicted octanol–water partition coefficient (Wildman–Crippen LogP) is 2.83. The number of hydrogen-bond donors (Lipinski definition) is 1. The second-order valence-electron chi connectivity index (χ2n) is 4.06. The monoisotopic (exact) mass is 187 g/mol. The third-order valence-corrected chi connectivity index (χ3v) is 1.76. The molecule has 0 spiro atoms. The number of nitrogens with one attached hydrogen (secondary N) is 1. The van der Waals surface area contributed by atoms with Crippen molar-refractivity contribution in [1.29, 1.82) is 0 Å². The van der Waals surface area contributed by atoms with Gasteiger partial charge in [-0.1, -0.05) is 41.5 Å². The summed E-state index contributed by atoms with van der Waals surface area (Å²) in [5.41, 5.74) is -0.219. The average Bonchev–Trinajstić information content (AvgIpc) is 2.04. The van der Waals surface area contributed by atoms with Crippen molar-refractivity contribution >= 4 is 5.91 Å². The van der Waals surface area contributed by atoms with E-state index in [0.29, 0.717) is 5.92 Å². The Kier molecular flexibility index (Phi) is 7.98. The largest absolute Gasteiger partial charge is 0.359 e. The van der Waals surface area contributed by atoms with Crippen molar-refractivity contribution in [1.82, 2.24) is 5.32 Å². The van der Waals surface area contributed by atoms with E-state index in [0.717, 1.165) is 6.42 Å². The first kappa shape index (κ1) is 15.0. The number of amides is 1. The molecular formula is C11H25NO. The van der Waals surface area contributed by atoms with Crippen LogP contribution in [0.15, 0.2) is 0 Å². The number of rotatable bonds is 3. The maximum Gasteiger partial charge on any atom is 0.225 e. The van der Waals surface area contributed by atoms with Crippen LogP contribution in [0.25, 0.3) is 0 Å². The molecule has 0 radical (unpaired) electrons. The lowest BCUT2D eigenvalue weighted by Crippen LogP contribution is -2.35. The molecule has 0 saturated heterocycles. The van der Waals surface area contributed by atoms with Gasteiger partial charge >= 0.3 is 0 Å². The Labute approximate surface area is 83.1 Å². The average molecular weight is 187 g/mol. The van der Waals surface area contributed by atoms with Crippen molar-refractivity contribution in [2.45, 2.75) is 48.0 Å². The van der Waals surface area contributed by atoms with Gasteiger partial charge in [0.25, 0.3) is 0 Å². The fourth-order valence-electron chi connectivity index (χ4n) is 1.45. The van der Waals surface area contributed by atoms with Crippen molar-refractivity contribution in [2.75, 3.05) is 7.05 Å². The summed E-state index contributed by atoms with van der Waals surface area (Å²) in [4.78, 5) is 11.3. The molecule has 0 saturated carbocycles. The minimum absolute atomic E-state index is 0.131. The number of carbonyl (C=O) groups excluding carboxylic acids is 1. The summed E-state index contributed by atoms with van der Waals surface area (Å²) in [6, 6.07) is 0. The Morgan fingerprint density at radius 1 is 1.31 bits per heavy atom. The van der Waals surface area contributed by atoms with E-state index in [2.05, 4.69) is 19.2 Å². The van der Waals surface area contributed by atoms with Gasteiger partial charge in [-0.05, 0) is 12.3 Å². The van der Waals surface area contributed by atoms with Crippen molar-refractivity contribution < 1.29 is 4.79 Å². The summed E-state index contributed by atoms with van der Waals surface area (Å²) < 4.78 is 0. The first-order valence-corrected chi connectivity index (χ1v) is 5.12. The van der Waals surface area contributed by atoms with Crippen LogP contribution in [0.2, 0.25) is 0 Å². The minimum atomic E-state index is -0.219. The van der Waals surface area contributed by atoms with Gasteiger partial charge in [0.2, 0.25) is 5.91 Å². The molecular weight excluding hydrogens is 162 g/mol. The highest BCUT2D eigenvalue weighted by atomic mass is 16.2. The standard InChI is InChI=1S/C9H19NO.C2H6/c1-7(2)6-9(3,4)8(11)10-5;1-2/h7H,6H2,1-5H3,(H,10,11);1-2H3. The van der Waals surface area contributed by atoms with Crippen LogP contribution in [0.5, 0.6) is 0 Å². The molecule has 0 fully saturated rings. The third kappa shape index (κ3) is 6.62. The number of carbonyl (C=O) groups is 1. The summed E-state index contributed by atoms with van der Waals surface area (Å²) in [5, 5.41) is 2.67. The highest BCUT2D eigenvalue weighted by Gasteiger charge is 2.26. The third-order valence-electron chi connectivity index (χ3n) is 1.76. The lowest BCUT2D eigenvalue weighted by Gasteiger charge is -2.24. The zero-order valence-electron chi connectivity index (χ0n) is 10.2. The molecule has 80 valence electrons. The van der Waals surface area contributed by atoms with Crippen LogP contribution in [0.1, 0.15) is 48.0 Å². The molecule has 1 N–H and O–H groups in total. The Morgan fingerprint density at radius 2 is 1.69 bits per heavy atom. The quantitative estimate of drug-likeness (QED) is 0.723. The molecule has 0 heterocycles. The van der Waals surface area contributed by atoms with Crippen molar-refractivity contribution in [2.24, 2.45) is 11.3 Å². The lowest BCUT2D eigenvalue weighted by molar-refractivity contribution is -0.129. The van der Waals surface area contributed by atoms with E-state index in [1.165, 1.54) is 0 Å². The van der Waals surface area contributed by atoms with E-state index in [1.807, 2.05) is 27.7 Å². The Balaban J connectivity index is 0. The second kappa shape index (κ2) is 6.93. The van der Waals surface area contributed by atoms with Crippen LogP contribution >= 0.6 is 0 Å². The number of hydrogen-bond acceptors (Lipinski definition) is 1. The van der Waals surface area contributed by atoms with Crippen molar-refractivity contribution in [3.8, 4) is 0 Å². The van der Waals surface area contributed by atoms with E-state index >= 15 is 0 Å². The SMILES string of the molecule is CC.CNC(=O)C(C)(C)CC(C)C.